The minimum atomic E-state index is -4.97. The molecule has 0 aliphatic carbocycles. The molecule has 20 heavy (non-hydrogen) atoms. The quantitative estimate of drug-likeness (QED) is 0.795. The summed E-state index contributed by atoms with van der Waals surface area (Å²) in [6.45, 7) is 1.22. The van der Waals surface area contributed by atoms with E-state index in [-0.39, 0.29) is 17.5 Å². The van der Waals surface area contributed by atoms with Crippen molar-refractivity contribution in [2.45, 2.75) is 38.0 Å². The van der Waals surface area contributed by atoms with Crippen LogP contribution in [0.25, 0.3) is 0 Å². The van der Waals surface area contributed by atoms with Gasteiger partial charge in [-0.2, -0.15) is 36.7 Å². The second-order valence-corrected chi connectivity index (χ2v) is 4.33. The average Bonchev–Trinajstić information content (AvgIpc) is 2.63. The van der Waals surface area contributed by atoms with Gasteiger partial charge in [-0.25, -0.2) is 0 Å². The Morgan fingerprint density at radius 1 is 1.20 bits per heavy atom. The maximum atomic E-state index is 12.9. The summed E-state index contributed by atoms with van der Waals surface area (Å²) in [5.41, 5.74) is -3.87. The van der Waals surface area contributed by atoms with Gasteiger partial charge in [0.1, 0.15) is 5.69 Å². The summed E-state index contributed by atoms with van der Waals surface area (Å²) in [7, 11) is 0.818. The van der Waals surface area contributed by atoms with E-state index in [1.165, 1.54) is 6.92 Å². The second-order valence-electron chi connectivity index (χ2n) is 4.33. The van der Waals surface area contributed by atoms with Crippen LogP contribution in [-0.2, 0) is 19.4 Å². The van der Waals surface area contributed by atoms with Crippen molar-refractivity contribution in [3.63, 3.8) is 0 Å². The highest BCUT2D eigenvalue weighted by Gasteiger charge is 2.46. The van der Waals surface area contributed by atoms with Gasteiger partial charge in [0.05, 0.1) is 6.07 Å². The van der Waals surface area contributed by atoms with E-state index < -0.39 is 35.2 Å². The maximum absolute atomic E-state index is 12.9. The Morgan fingerprint density at radius 2 is 1.75 bits per heavy atom. The van der Waals surface area contributed by atoms with Crippen molar-refractivity contribution in [2.75, 3.05) is 0 Å². The highest BCUT2D eigenvalue weighted by Crippen LogP contribution is 2.43. The largest absolute Gasteiger partial charge is 0.435 e. The molecule has 0 N–H and O–H groups in total. The van der Waals surface area contributed by atoms with Crippen LogP contribution in [0.1, 0.15) is 42.6 Å². The van der Waals surface area contributed by atoms with Crippen LogP contribution in [0.2, 0.25) is 0 Å². The van der Waals surface area contributed by atoms with Gasteiger partial charge in [-0.3, -0.25) is 4.68 Å². The van der Waals surface area contributed by atoms with E-state index in [4.69, 9.17) is 5.26 Å². The smallest absolute Gasteiger partial charge is 0.263 e. The minimum absolute atomic E-state index is 0.103. The van der Waals surface area contributed by atoms with Crippen molar-refractivity contribution in [3.8, 4) is 6.07 Å². The molecular weight excluding hydrogens is 288 g/mol. The molecule has 0 saturated carbocycles. The van der Waals surface area contributed by atoms with E-state index in [0.717, 1.165) is 7.05 Å². The molecule has 1 heterocycles. The van der Waals surface area contributed by atoms with E-state index in [1.54, 1.807) is 6.07 Å². The van der Waals surface area contributed by atoms with Crippen LogP contribution in [-0.4, -0.2) is 9.78 Å². The Kier molecular flexibility index (Phi) is 4.36. The molecule has 1 rings (SSSR count). The van der Waals surface area contributed by atoms with E-state index in [2.05, 4.69) is 5.10 Å². The van der Waals surface area contributed by atoms with E-state index in [0.29, 0.717) is 0 Å². The molecule has 1 aromatic rings. The van der Waals surface area contributed by atoms with Crippen molar-refractivity contribution >= 4 is 0 Å². The number of aryl methyl sites for hydroxylation is 1. The molecule has 0 radical (unpaired) electrons. The molecule has 9 heteroatoms. The zero-order valence-corrected chi connectivity index (χ0v) is 10.6. The first-order chi connectivity index (χ1) is 9.00. The zero-order chi connectivity index (χ0) is 15.7. The van der Waals surface area contributed by atoms with Crippen molar-refractivity contribution in [2.24, 2.45) is 7.05 Å². The molecule has 0 aromatic carbocycles. The highest BCUT2D eigenvalue weighted by molar-refractivity contribution is 5.34. The molecule has 1 unspecified atom stereocenters. The normalized spacial score (nSPS) is 14.2. The summed E-state index contributed by atoms with van der Waals surface area (Å²) in [5.74, 6) is -1.07. The second kappa shape index (κ2) is 5.34. The third-order valence-electron chi connectivity index (χ3n) is 2.80. The fraction of sp³-hybridized carbons (Fsp3) is 0.636. The van der Waals surface area contributed by atoms with Crippen molar-refractivity contribution in [1.29, 1.82) is 5.26 Å². The van der Waals surface area contributed by atoms with Crippen LogP contribution in [0.4, 0.5) is 26.3 Å². The van der Waals surface area contributed by atoms with Crippen molar-refractivity contribution in [1.82, 2.24) is 9.78 Å². The van der Waals surface area contributed by atoms with Gasteiger partial charge in [0, 0.05) is 19.0 Å². The van der Waals surface area contributed by atoms with E-state index >= 15 is 0 Å². The Labute approximate surface area is 110 Å². The van der Waals surface area contributed by atoms with E-state index in [1.807, 2.05) is 0 Å². The lowest BCUT2D eigenvalue weighted by atomic mass is 9.93. The monoisotopic (exact) mass is 299 g/mol. The number of alkyl halides is 6. The summed E-state index contributed by atoms with van der Waals surface area (Å²) in [6, 6.07) is 1.70. The highest BCUT2D eigenvalue weighted by atomic mass is 19.4. The molecule has 1 atom stereocenters. The number of nitrogens with zero attached hydrogens (tertiary/aromatic N) is 3. The molecule has 0 amide bonds. The Hall–Kier alpha value is -1.72. The van der Waals surface area contributed by atoms with Crippen LogP contribution < -0.4 is 0 Å². The molecule has 1 aromatic heterocycles. The van der Waals surface area contributed by atoms with Gasteiger partial charge in [-0.05, 0) is 12.3 Å². The lowest BCUT2D eigenvalue weighted by molar-refractivity contribution is -0.145. The van der Waals surface area contributed by atoms with Crippen molar-refractivity contribution in [3.05, 3.63) is 17.0 Å². The molecule has 0 spiro atoms. The third-order valence-corrected chi connectivity index (χ3v) is 2.80. The SMILES string of the molecule is CC(CCC#N)c1c(C(F)(F)F)nn(C)c1C(F)(F)F. The lowest BCUT2D eigenvalue weighted by Gasteiger charge is -2.16. The number of rotatable bonds is 3. The van der Waals surface area contributed by atoms with Crippen LogP contribution in [0.5, 0.6) is 0 Å². The van der Waals surface area contributed by atoms with Crippen LogP contribution >= 0.6 is 0 Å². The molecule has 0 fully saturated rings. The summed E-state index contributed by atoms with van der Waals surface area (Å²) in [6.07, 6.45) is -10.2. The Morgan fingerprint density at radius 3 is 2.15 bits per heavy atom. The predicted molar refractivity (Wildman–Crippen MR) is 56.5 cm³/mol. The molecule has 3 nitrogen and oxygen atoms in total. The van der Waals surface area contributed by atoms with Gasteiger partial charge >= 0.3 is 12.4 Å². The van der Waals surface area contributed by atoms with E-state index in [9.17, 15) is 26.3 Å². The van der Waals surface area contributed by atoms with Gasteiger partial charge in [-0.1, -0.05) is 6.92 Å². The number of nitriles is 1. The average molecular weight is 299 g/mol. The number of hydrogen-bond acceptors (Lipinski definition) is 2. The zero-order valence-electron chi connectivity index (χ0n) is 10.6. The Balaban J connectivity index is 3.47. The van der Waals surface area contributed by atoms with Gasteiger partial charge < -0.3 is 0 Å². The minimum Gasteiger partial charge on any atom is -0.263 e. The summed E-state index contributed by atoms with van der Waals surface area (Å²) >= 11 is 0. The van der Waals surface area contributed by atoms with Gasteiger partial charge in [-0.15, -0.1) is 0 Å². The number of aromatic nitrogens is 2. The summed E-state index contributed by atoms with van der Waals surface area (Å²) < 4.78 is 77.3. The van der Waals surface area contributed by atoms with Crippen molar-refractivity contribution < 1.29 is 26.3 Å². The first kappa shape index (κ1) is 16.3. The topological polar surface area (TPSA) is 41.6 Å². The Bertz CT molecular complexity index is 520. The standard InChI is InChI=1S/C11H11F6N3/c1-6(4-3-5-18)7-8(10(12,13)14)19-20(2)9(7)11(15,16)17/h6H,3-4H2,1-2H3. The van der Waals surface area contributed by atoms with Crippen LogP contribution in [0.3, 0.4) is 0 Å². The van der Waals surface area contributed by atoms with Crippen LogP contribution in [0.15, 0.2) is 0 Å². The predicted octanol–water partition coefficient (Wildman–Crippen LogP) is 3.86. The fourth-order valence-corrected chi connectivity index (χ4v) is 1.98. The van der Waals surface area contributed by atoms with Gasteiger partial charge in [0.25, 0.3) is 0 Å². The first-order valence-corrected chi connectivity index (χ1v) is 5.58. The molecule has 0 saturated heterocycles. The summed E-state index contributed by atoms with van der Waals surface area (Å²) in [4.78, 5) is 0. The van der Waals surface area contributed by atoms with Gasteiger partial charge in [0.2, 0.25) is 0 Å². The lowest BCUT2D eigenvalue weighted by Crippen LogP contribution is -2.16. The molecule has 0 bridgehead atoms. The molecule has 112 valence electrons. The molecular formula is C11H11F6N3. The van der Waals surface area contributed by atoms with Gasteiger partial charge in [0.15, 0.2) is 5.69 Å². The maximum Gasteiger partial charge on any atom is 0.435 e. The molecule has 0 aliphatic heterocycles. The first-order valence-electron chi connectivity index (χ1n) is 5.58. The molecule has 0 aliphatic rings. The van der Waals surface area contributed by atoms with Crippen LogP contribution in [0, 0.1) is 11.3 Å². The number of halogens is 6. The third kappa shape index (κ3) is 3.23. The summed E-state index contributed by atoms with van der Waals surface area (Å²) in [5, 5.41) is 11.4. The fourth-order valence-electron chi connectivity index (χ4n) is 1.98. The number of hydrogen-bond donors (Lipinski definition) is 0.